The molecule has 27 heavy (non-hydrogen) atoms. The van der Waals surface area contributed by atoms with Gasteiger partial charge in [-0.1, -0.05) is 19.6 Å². The van der Waals surface area contributed by atoms with Gasteiger partial charge in [0.2, 0.25) is 5.75 Å². The minimum Gasteiger partial charge on any atom is -0.465 e. The van der Waals surface area contributed by atoms with Gasteiger partial charge in [0.05, 0.1) is 7.11 Å². The number of hydrogen-bond donors (Lipinski definition) is 0. The van der Waals surface area contributed by atoms with E-state index >= 15 is 0 Å². The van der Waals surface area contributed by atoms with E-state index in [9.17, 15) is 4.79 Å². The molecule has 0 aliphatic rings. The summed E-state index contributed by atoms with van der Waals surface area (Å²) in [6.45, 7) is 7.29. The molecule has 0 amide bonds. The van der Waals surface area contributed by atoms with Crippen LogP contribution in [0.5, 0.6) is 17.2 Å². The molecular formula is C18H30O8Si. The molecule has 154 valence electrons. The van der Waals surface area contributed by atoms with Gasteiger partial charge in [-0.05, 0) is 18.2 Å². The second-order valence-corrected chi connectivity index (χ2v) is 12.5. The highest BCUT2D eigenvalue weighted by Gasteiger charge is 2.23. The summed E-state index contributed by atoms with van der Waals surface area (Å²) in [5.41, 5.74) is 0.196. The molecule has 0 atom stereocenters. The molecule has 0 saturated heterocycles. The van der Waals surface area contributed by atoms with Gasteiger partial charge in [-0.15, -0.1) is 0 Å². The molecule has 0 aromatic heterocycles. The quantitative estimate of drug-likeness (QED) is 0.215. The van der Waals surface area contributed by atoms with Crippen molar-refractivity contribution in [3.63, 3.8) is 0 Å². The molecule has 0 spiro atoms. The van der Waals surface area contributed by atoms with Gasteiger partial charge in [0.1, 0.15) is 5.56 Å². The second-order valence-electron chi connectivity index (χ2n) is 6.84. The molecule has 1 aromatic carbocycles. The summed E-state index contributed by atoms with van der Waals surface area (Å²) in [7, 11) is 3.08. The first kappa shape index (κ1) is 23.2. The van der Waals surface area contributed by atoms with Gasteiger partial charge in [-0.3, -0.25) is 0 Å². The van der Waals surface area contributed by atoms with Crippen LogP contribution >= 0.6 is 0 Å². The van der Waals surface area contributed by atoms with E-state index in [1.807, 2.05) is 0 Å². The van der Waals surface area contributed by atoms with Crippen molar-refractivity contribution >= 4 is 14.0 Å². The molecule has 0 bridgehead atoms. The predicted molar refractivity (Wildman–Crippen MR) is 102 cm³/mol. The SMILES string of the molecule is COCOc1ccc(C(=O)OC)c(OCOCC[Si](C)(C)C)c1OCOC. The zero-order valence-corrected chi connectivity index (χ0v) is 18.0. The molecule has 0 unspecified atom stereocenters. The fourth-order valence-electron chi connectivity index (χ4n) is 1.99. The molecule has 1 rings (SSSR count). The number of ether oxygens (including phenoxy) is 7. The molecule has 0 saturated carbocycles. The summed E-state index contributed by atoms with van der Waals surface area (Å²) in [4.78, 5) is 12.1. The Morgan fingerprint density at radius 3 is 2.11 bits per heavy atom. The number of esters is 1. The van der Waals surface area contributed by atoms with Crippen LogP contribution in [-0.2, 0) is 18.9 Å². The van der Waals surface area contributed by atoms with Gasteiger partial charge in [0, 0.05) is 28.9 Å². The van der Waals surface area contributed by atoms with Gasteiger partial charge in [0.15, 0.2) is 31.9 Å². The van der Waals surface area contributed by atoms with E-state index in [1.54, 1.807) is 6.07 Å². The summed E-state index contributed by atoms with van der Waals surface area (Å²) in [6, 6.07) is 4.12. The van der Waals surface area contributed by atoms with Crippen molar-refractivity contribution in [1.82, 2.24) is 0 Å². The molecular weight excluding hydrogens is 372 g/mol. The van der Waals surface area contributed by atoms with Crippen molar-refractivity contribution in [2.24, 2.45) is 0 Å². The number of benzene rings is 1. The minimum absolute atomic E-state index is 0.00701. The Kier molecular flexibility index (Phi) is 10.2. The van der Waals surface area contributed by atoms with E-state index < -0.39 is 14.0 Å². The van der Waals surface area contributed by atoms with Crippen LogP contribution in [0.2, 0.25) is 25.7 Å². The summed E-state index contributed by atoms with van der Waals surface area (Å²) >= 11 is 0. The Balaban J connectivity index is 3.03. The monoisotopic (exact) mass is 402 g/mol. The first-order valence-corrected chi connectivity index (χ1v) is 12.2. The number of hydrogen-bond acceptors (Lipinski definition) is 8. The lowest BCUT2D eigenvalue weighted by Gasteiger charge is -2.19. The number of carbonyl (C=O) groups excluding carboxylic acids is 1. The van der Waals surface area contributed by atoms with Crippen LogP contribution in [0.1, 0.15) is 10.4 Å². The van der Waals surface area contributed by atoms with Crippen LogP contribution in [0.3, 0.4) is 0 Å². The second kappa shape index (κ2) is 11.8. The van der Waals surface area contributed by atoms with E-state index in [0.29, 0.717) is 12.4 Å². The Bertz CT molecular complexity index is 585. The predicted octanol–water partition coefficient (Wildman–Crippen LogP) is 3.13. The fourth-order valence-corrected chi connectivity index (χ4v) is 2.74. The molecule has 0 aliphatic heterocycles. The number of methoxy groups -OCH3 is 3. The third-order valence-electron chi connectivity index (χ3n) is 3.42. The maximum atomic E-state index is 12.1. The lowest BCUT2D eigenvalue weighted by Crippen LogP contribution is -2.22. The summed E-state index contributed by atoms with van der Waals surface area (Å²) in [5, 5.41) is 0. The highest BCUT2D eigenvalue weighted by Crippen LogP contribution is 2.41. The first-order valence-electron chi connectivity index (χ1n) is 8.53. The van der Waals surface area contributed by atoms with Crippen molar-refractivity contribution in [2.75, 3.05) is 48.3 Å². The summed E-state index contributed by atoms with van der Waals surface area (Å²) in [6.07, 6.45) is 0. The standard InChI is InChI=1S/C18H30O8Si/c1-20-11-24-15-8-7-14(18(19)22-3)16(17(15)25-12-21-2)26-13-23-9-10-27(4,5)6/h7-8H,9-13H2,1-6H3. The molecule has 0 fully saturated rings. The Hall–Kier alpha value is -1.81. The lowest BCUT2D eigenvalue weighted by atomic mass is 10.1. The highest BCUT2D eigenvalue weighted by atomic mass is 28.3. The smallest absolute Gasteiger partial charge is 0.341 e. The Labute approximate surface area is 161 Å². The third kappa shape index (κ3) is 8.16. The number of carbonyl (C=O) groups is 1. The molecule has 0 aliphatic carbocycles. The van der Waals surface area contributed by atoms with E-state index in [4.69, 9.17) is 33.2 Å². The summed E-state index contributed by atoms with van der Waals surface area (Å²) in [5.74, 6) is 0.164. The molecule has 0 heterocycles. The van der Waals surface area contributed by atoms with Crippen molar-refractivity contribution < 1.29 is 38.0 Å². The van der Waals surface area contributed by atoms with Crippen LogP contribution < -0.4 is 14.2 Å². The Morgan fingerprint density at radius 1 is 0.889 bits per heavy atom. The molecule has 0 N–H and O–H groups in total. The Morgan fingerprint density at radius 2 is 1.52 bits per heavy atom. The average molecular weight is 403 g/mol. The van der Waals surface area contributed by atoms with Crippen LogP contribution in [0.15, 0.2) is 12.1 Å². The van der Waals surface area contributed by atoms with Crippen molar-refractivity contribution in [2.45, 2.75) is 25.7 Å². The normalized spacial score (nSPS) is 11.2. The molecule has 1 aromatic rings. The number of rotatable bonds is 13. The topological polar surface area (TPSA) is 81.7 Å². The van der Waals surface area contributed by atoms with Gasteiger partial charge >= 0.3 is 5.97 Å². The van der Waals surface area contributed by atoms with Crippen molar-refractivity contribution in [3.8, 4) is 17.2 Å². The zero-order valence-electron chi connectivity index (χ0n) is 17.0. The fraction of sp³-hybridized carbons (Fsp3) is 0.611. The van der Waals surface area contributed by atoms with Crippen LogP contribution in [0.25, 0.3) is 0 Å². The first-order chi connectivity index (χ1) is 12.8. The van der Waals surface area contributed by atoms with Crippen LogP contribution in [0, 0.1) is 0 Å². The average Bonchev–Trinajstić information content (AvgIpc) is 2.63. The van der Waals surface area contributed by atoms with Crippen molar-refractivity contribution in [1.29, 1.82) is 0 Å². The largest absolute Gasteiger partial charge is 0.465 e. The highest BCUT2D eigenvalue weighted by molar-refractivity contribution is 6.76. The van der Waals surface area contributed by atoms with Gasteiger partial charge in [-0.25, -0.2) is 4.79 Å². The van der Waals surface area contributed by atoms with Crippen LogP contribution in [-0.4, -0.2) is 62.4 Å². The van der Waals surface area contributed by atoms with Gasteiger partial charge in [0.25, 0.3) is 0 Å². The lowest BCUT2D eigenvalue weighted by molar-refractivity contribution is 0.00868. The molecule has 9 heteroatoms. The van der Waals surface area contributed by atoms with E-state index in [0.717, 1.165) is 6.04 Å². The summed E-state index contributed by atoms with van der Waals surface area (Å²) < 4.78 is 37.1. The van der Waals surface area contributed by atoms with E-state index in [2.05, 4.69) is 19.6 Å². The van der Waals surface area contributed by atoms with Gasteiger partial charge < -0.3 is 33.2 Å². The molecule has 0 radical (unpaired) electrons. The maximum Gasteiger partial charge on any atom is 0.341 e. The maximum absolute atomic E-state index is 12.1. The van der Waals surface area contributed by atoms with E-state index in [1.165, 1.54) is 27.4 Å². The third-order valence-corrected chi connectivity index (χ3v) is 5.12. The van der Waals surface area contributed by atoms with Crippen molar-refractivity contribution in [3.05, 3.63) is 17.7 Å². The van der Waals surface area contributed by atoms with E-state index in [-0.39, 0.29) is 37.4 Å². The van der Waals surface area contributed by atoms with Gasteiger partial charge in [-0.2, -0.15) is 0 Å². The molecule has 8 nitrogen and oxygen atoms in total. The zero-order chi connectivity index (χ0) is 20.3. The van der Waals surface area contributed by atoms with Crippen LogP contribution in [0.4, 0.5) is 0 Å². The minimum atomic E-state index is -1.20.